The van der Waals surface area contributed by atoms with E-state index in [1.165, 1.54) is 31.4 Å². The lowest BCUT2D eigenvalue weighted by Gasteiger charge is -2.56. The fourth-order valence-corrected chi connectivity index (χ4v) is 8.12. The van der Waals surface area contributed by atoms with Crippen LogP contribution in [0.4, 0.5) is 5.69 Å². The van der Waals surface area contributed by atoms with Crippen LogP contribution in [0.3, 0.4) is 0 Å². The van der Waals surface area contributed by atoms with Crippen LogP contribution in [-0.2, 0) is 10.0 Å². The van der Waals surface area contributed by atoms with Gasteiger partial charge < -0.3 is 5.32 Å². The Morgan fingerprint density at radius 2 is 1.59 bits per heavy atom. The second-order valence-corrected chi connectivity index (χ2v) is 12.3. The van der Waals surface area contributed by atoms with Gasteiger partial charge in [-0.15, -0.1) is 0 Å². The van der Waals surface area contributed by atoms with E-state index in [1.807, 2.05) is 26.0 Å². The van der Waals surface area contributed by atoms with Gasteiger partial charge in [0.1, 0.15) is 4.90 Å². The first kappa shape index (κ1) is 21.8. The zero-order chi connectivity index (χ0) is 22.7. The van der Waals surface area contributed by atoms with Gasteiger partial charge in [0.2, 0.25) is 0 Å². The summed E-state index contributed by atoms with van der Waals surface area (Å²) in [6.07, 6.45) is 7.00. The molecule has 0 aliphatic heterocycles. The summed E-state index contributed by atoms with van der Waals surface area (Å²) < 4.78 is 28.9. The molecule has 170 valence electrons. The van der Waals surface area contributed by atoms with Crippen LogP contribution in [0, 0.1) is 31.6 Å². The first-order chi connectivity index (χ1) is 15.1. The van der Waals surface area contributed by atoms with Crippen molar-refractivity contribution >= 4 is 33.2 Å². The zero-order valence-corrected chi connectivity index (χ0v) is 20.0. The highest BCUT2D eigenvalue weighted by atomic mass is 35.5. The molecule has 2 aromatic rings. The minimum Gasteiger partial charge on any atom is -0.347 e. The predicted octanol–water partition coefficient (Wildman–Crippen LogP) is 5.46. The lowest BCUT2D eigenvalue weighted by molar-refractivity contribution is -0.0167. The SMILES string of the molecule is Cc1ccc(C)c(NS(=O)(=O)c2cc(C(=O)NC34CC5CC(CC(C5)C3)C4)ccc2Cl)c1. The van der Waals surface area contributed by atoms with Crippen molar-refractivity contribution < 1.29 is 13.2 Å². The van der Waals surface area contributed by atoms with Crippen LogP contribution >= 0.6 is 11.6 Å². The van der Waals surface area contributed by atoms with Crippen molar-refractivity contribution in [1.82, 2.24) is 5.32 Å². The predicted molar refractivity (Wildman–Crippen MR) is 127 cm³/mol. The Kier molecular flexibility index (Phi) is 5.29. The summed E-state index contributed by atoms with van der Waals surface area (Å²) >= 11 is 6.27. The van der Waals surface area contributed by atoms with Gasteiger partial charge in [-0.25, -0.2) is 8.42 Å². The summed E-state index contributed by atoms with van der Waals surface area (Å²) in [5.41, 5.74) is 2.45. The van der Waals surface area contributed by atoms with Crippen LogP contribution in [0.1, 0.15) is 60.0 Å². The summed E-state index contributed by atoms with van der Waals surface area (Å²) in [5, 5.41) is 3.40. The van der Waals surface area contributed by atoms with Crippen LogP contribution in [0.2, 0.25) is 5.02 Å². The van der Waals surface area contributed by atoms with E-state index >= 15 is 0 Å². The van der Waals surface area contributed by atoms with Crippen LogP contribution in [-0.4, -0.2) is 19.9 Å². The molecule has 0 radical (unpaired) electrons. The molecular weight excluding hydrogens is 444 g/mol. The number of hydrogen-bond acceptors (Lipinski definition) is 3. The lowest BCUT2D eigenvalue weighted by atomic mass is 9.53. The maximum absolute atomic E-state index is 13.2. The molecular formula is C25H29ClN2O3S. The Balaban J connectivity index is 1.40. The van der Waals surface area contributed by atoms with Crippen molar-refractivity contribution in [2.75, 3.05) is 4.72 Å². The number of hydrogen-bond donors (Lipinski definition) is 2. The van der Waals surface area contributed by atoms with Gasteiger partial charge >= 0.3 is 0 Å². The smallest absolute Gasteiger partial charge is 0.263 e. The highest BCUT2D eigenvalue weighted by Crippen LogP contribution is 2.55. The van der Waals surface area contributed by atoms with E-state index in [-0.39, 0.29) is 21.4 Å². The van der Waals surface area contributed by atoms with Crippen LogP contribution < -0.4 is 10.0 Å². The Hall–Kier alpha value is -2.05. The molecule has 4 fully saturated rings. The minimum atomic E-state index is -3.95. The number of aryl methyl sites for hydroxylation is 2. The van der Waals surface area contributed by atoms with E-state index in [4.69, 9.17) is 11.6 Å². The standard InChI is InChI=1S/C25H29ClN2O3S/c1-15-3-4-16(2)22(7-15)28-32(30,31)23-11-20(5-6-21(23)26)24(29)27-25-12-17-8-18(13-25)10-19(9-17)14-25/h3-7,11,17-19,28H,8-10,12-14H2,1-2H3,(H,27,29). The molecule has 5 nitrogen and oxygen atoms in total. The normalized spacial score (nSPS) is 28.5. The van der Waals surface area contributed by atoms with Gasteiger partial charge in [-0.2, -0.15) is 0 Å². The number of carbonyl (C=O) groups excluding carboxylic acids is 1. The van der Waals surface area contributed by atoms with Crippen LogP contribution in [0.15, 0.2) is 41.3 Å². The van der Waals surface area contributed by atoms with E-state index in [2.05, 4.69) is 10.0 Å². The summed E-state index contributed by atoms with van der Waals surface area (Å²) in [5.74, 6) is 1.92. The van der Waals surface area contributed by atoms with Crippen molar-refractivity contribution in [1.29, 1.82) is 0 Å². The second-order valence-electron chi connectivity index (χ2n) is 10.2. The number of anilines is 1. The Bertz CT molecular complexity index is 1160. The van der Waals surface area contributed by atoms with Gasteiger partial charge in [0.15, 0.2) is 0 Å². The molecule has 4 saturated carbocycles. The molecule has 0 spiro atoms. The van der Waals surface area contributed by atoms with E-state index in [9.17, 15) is 13.2 Å². The molecule has 6 rings (SSSR count). The van der Waals surface area contributed by atoms with Gasteiger partial charge in [-0.1, -0.05) is 23.7 Å². The molecule has 1 amide bonds. The monoisotopic (exact) mass is 472 g/mol. The van der Waals surface area contributed by atoms with Gasteiger partial charge in [-0.05, 0) is 106 Å². The maximum Gasteiger partial charge on any atom is 0.263 e. The molecule has 2 aromatic carbocycles. The van der Waals surface area contributed by atoms with E-state index in [0.717, 1.165) is 30.4 Å². The topological polar surface area (TPSA) is 75.3 Å². The van der Waals surface area contributed by atoms with Crippen molar-refractivity contribution in [2.45, 2.75) is 62.8 Å². The molecule has 0 aromatic heterocycles. The van der Waals surface area contributed by atoms with Gasteiger partial charge in [0.25, 0.3) is 15.9 Å². The van der Waals surface area contributed by atoms with Crippen molar-refractivity contribution in [3.8, 4) is 0 Å². The Morgan fingerprint density at radius 3 is 2.22 bits per heavy atom. The number of nitrogens with one attached hydrogen (secondary N) is 2. The van der Waals surface area contributed by atoms with Crippen molar-refractivity contribution in [2.24, 2.45) is 17.8 Å². The summed E-state index contributed by atoms with van der Waals surface area (Å²) in [7, 11) is -3.95. The highest BCUT2D eigenvalue weighted by molar-refractivity contribution is 7.92. The largest absolute Gasteiger partial charge is 0.347 e. The molecule has 0 saturated heterocycles. The average molecular weight is 473 g/mol. The third-order valence-electron chi connectivity index (χ3n) is 7.54. The van der Waals surface area contributed by atoms with Crippen molar-refractivity contribution in [3.63, 3.8) is 0 Å². The van der Waals surface area contributed by atoms with E-state index < -0.39 is 10.0 Å². The van der Waals surface area contributed by atoms with Gasteiger partial charge in [0, 0.05) is 11.1 Å². The number of halogens is 1. The third kappa shape index (κ3) is 4.03. The fraction of sp³-hybridized carbons (Fsp3) is 0.480. The summed E-state index contributed by atoms with van der Waals surface area (Å²) in [6, 6.07) is 10.1. The van der Waals surface area contributed by atoms with Gasteiger partial charge in [0.05, 0.1) is 10.7 Å². The zero-order valence-electron chi connectivity index (χ0n) is 18.4. The molecule has 2 N–H and O–H groups in total. The number of rotatable bonds is 5. The first-order valence-corrected chi connectivity index (χ1v) is 13.2. The number of benzene rings is 2. The molecule has 0 heterocycles. The number of amides is 1. The third-order valence-corrected chi connectivity index (χ3v) is 9.38. The number of sulfonamides is 1. The van der Waals surface area contributed by atoms with E-state index in [1.54, 1.807) is 12.1 Å². The first-order valence-electron chi connectivity index (χ1n) is 11.3. The Morgan fingerprint density at radius 1 is 0.969 bits per heavy atom. The van der Waals surface area contributed by atoms with E-state index in [0.29, 0.717) is 29.0 Å². The fourth-order valence-electron chi connectivity index (χ4n) is 6.47. The second kappa shape index (κ2) is 7.77. The quantitative estimate of drug-likeness (QED) is 0.607. The summed E-state index contributed by atoms with van der Waals surface area (Å²) in [4.78, 5) is 13.1. The molecule has 7 heteroatoms. The minimum absolute atomic E-state index is 0.0850. The van der Waals surface area contributed by atoms with Crippen molar-refractivity contribution in [3.05, 3.63) is 58.1 Å². The highest BCUT2D eigenvalue weighted by Gasteiger charge is 2.51. The molecule has 4 bridgehead atoms. The maximum atomic E-state index is 13.2. The Labute approximate surface area is 195 Å². The number of carbonyl (C=O) groups is 1. The molecule has 32 heavy (non-hydrogen) atoms. The van der Waals surface area contributed by atoms with Gasteiger partial charge in [-0.3, -0.25) is 9.52 Å². The molecule has 4 aliphatic carbocycles. The van der Waals surface area contributed by atoms with Crippen LogP contribution in [0.5, 0.6) is 0 Å². The van der Waals surface area contributed by atoms with Crippen LogP contribution in [0.25, 0.3) is 0 Å². The lowest BCUT2D eigenvalue weighted by Crippen LogP contribution is -2.59. The molecule has 0 unspecified atom stereocenters. The summed E-state index contributed by atoms with van der Waals surface area (Å²) in [6.45, 7) is 3.74. The molecule has 0 atom stereocenters. The average Bonchev–Trinajstić information content (AvgIpc) is 2.69. The molecule has 4 aliphatic rings.